The summed E-state index contributed by atoms with van der Waals surface area (Å²) in [6.45, 7) is 3.31. The van der Waals surface area contributed by atoms with Gasteiger partial charge < -0.3 is 10.2 Å². The first-order valence-electron chi connectivity index (χ1n) is 15.3. The Morgan fingerprint density at radius 2 is 1.00 bits per heavy atom. The molecule has 0 aliphatic rings. The normalized spacial score (nSPS) is 11.0. The zero-order valence-corrected chi connectivity index (χ0v) is 32.0. The van der Waals surface area contributed by atoms with E-state index in [2.05, 4.69) is 41.7 Å². The number of benzene rings is 4. The second kappa shape index (κ2) is 19.5. The number of phenolic OH excluding ortho intramolecular Hbond substituents is 2. The molecule has 0 unspecified atom stereocenters. The number of nitrogens with one attached hydrogen (secondary N) is 4. The van der Waals surface area contributed by atoms with Crippen molar-refractivity contribution in [3.05, 3.63) is 129 Å². The van der Waals surface area contributed by atoms with E-state index in [1.54, 1.807) is 38.1 Å². The van der Waals surface area contributed by atoms with Crippen molar-refractivity contribution in [2.75, 3.05) is 10.6 Å². The summed E-state index contributed by atoms with van der Waals surface area (Å²) in [6, 6.07) is 27.5. The first-order chi connectivity index (χ1) is 25.0. The van der Waals surface area contributed by atoms with Crippen LogP contribution >= 0.6 is 45.9 Å². The van der Waals surface area contributed by atoms with Crippen LogP contribution in [0.2, 0.25) is 10.0 Å². The zero-order chi connectivity index (χ0) is 37.0. The van der Waals surface area contributed by atoms with Crippen LogP contribution in [0.1, 0.15) is 25.0 Å². The Morgan fingerprint density at radius 1 is 0.623 bits per heavy atom. The van der Waals surface area contributed by atoms with E-state index in [1.807, 2.05) is 71.4 Å². The molecular weight excluding hydrogens is 802 g/mol. The third kappa shape index (κ3) is 11.9. The summed E-state index contributed by atoms with van der Waals surface area (Å²) in [6.07, 6.45) is 0. The molecule has 6 rings (SSSR count). The minimum absolute atomic E-state index is 0. The summed E-state index contributed by atoms with van der Waals surface area (Å²) >= 11 is 14.5. The summed E-state index contributed by atoms with van der Waals surface area (Å²) in [4.78, 5) is 32.7. The van der Waals surface area contributed by atoms with Crippen LogP contribution in [0.25, 0.3) is 22.5 Å². The number of aromatic nitrogens is 2. The van der Waals surface area contributed by atoms with Gasteiger partial charge in [-0.15, -0.1) is 22.7 Å². The summed E-state index contributed by atoms with van der Waals surface area (Å²) < 4.78 is 0. The molecule has 0 aliphatic carbocycles. The molecule has 53 heavy (non-hydrogen) atoms. The number of anilines is 2. The second-order valence-electron chi connectivity index (χ2n) is 10.7. The number of rotatable bonds is 8. The van der Waals surface area contributed by atoms with Gasteiger partial charge in [-0.3, -0.25) is 10.6 Å². The number of nitrogens with zero attached hydrogens (tertiary/aromatic N) is 4. The van der Waals surface area contributed by atoms with Crippen molar-refractivity contribution in [3.8, 4) is 34.0 Å². The summed E-state index contributed by atoms with van der Waals surface area (Å²) in [5, 5.41) is 38.5. The second-order valence-corrected chi connectivity index (χ2v) is 13.2. The zero-order valence-electron chi connectivity index (χ0n) is 27.8. The Bertz CT molecular complexity index is 2080. The van der Waals surface area contributed by atoms with Crippen LogP contribution in [0.5, 0.6) is 11.5 Å². The molecule has 4 aromatic carbocycles. The van der Waals surface area contributed by atoms with E-state index in [-0.39, 0.29) is 28.3 Å². The number of carbonyl (C=O) groups excluding carboxylic acids is 2. The average molecular weight is 833 g/mol. The molecule has 4 amide bonds. The third-order valence-electron chi connectivity index (χ3n) is 6.94. The van der Waals surface area contributed by atoms with Gasteiger partial charge in [0.05, 0.1) is 22.8 Å². The monoisotopic (exact) mass is 831 g/mol. The maximum atomic E-state index is 12.0. The van der Waals surface area contributed by atoms with Crippen molar-refractivity contribution >= 4 is 79.6 Å². The Morgan fingerprint density at radius 3 is 1.38 bits per heavy atom. The van der Waals surface area contributed by atoms with Crippen molar-refractivity contribution in [2.24, 2.45) is 10.2 Å². The standard InChI is InChI=1S/2C18H15ClN4O2S.Co/c2*1-11(14-9-13(19)7-8-16(14)24)22-23-17(25)21-18-20-15(10-26-18)12-5-3-2-4-6-12;/h2*2-10,24H,1H3,(H2,20,21,23,25);/b2*22-11-;. The van der Waals surface area contributed by atoms with E-state index in [1.165, 1.54) is 34.8 Å². The number of aromatic hydroxyl groups is 2. The minimum Gasteiger partial charge on any atom is -0.507 e. The van der Waals surface area contributed by atoms with Crippen LogP contribution in [0.15, 0.2) is 118 Å². The van der Waals surface area contributed by atoms with Gasteiger partial charge >= 0.3 is 12.1 Å². The molecule has 0 atom stereocenters. The molecule has 17 heteroatoms. The molecule has 6 N–H and O–H groups in total. The fourth-order valence-electron chi connectivity index (χ4n) is 4.38. The molecule has 2 aromatic heterocycles. The quantitative estimate of drug-likeness (QED) is 0.0659. The third-order valence-corrected chi connectivity index (χ3v) is 8.92. The van der Waals surface area contributed by atoms with Gasteiger partial charge in [0, 0.05) is 59.8 Å². The number of amides is 4. The number of carbonyl (C=O) groups is 2. The van der Waals surface area contributed by atoms with E-state index >= 15 is 0 Å². The maximum Gasteiger partial charge on any atom is 0.341 e. The molecule has 0 saturated carbocycles. The molecule has 0 fully saturated rings. The fraction of sp³-hybridized carbons (Fsp3) is 0.0556. The van der Waals surface area contributed by atoms with Gasteiger partial charge in [-0.1, -0.05) is 83.9 Å². The van der Waals surface area contributed by atoms with E-state index in [0.717, 1.165) is 22.5 Å². The molecule has 0 spiro atoms. The smallest absolute Gasteiger partial charge is 0.341 e. The average Bonchev–Trinajstić information content (AvgIpc) is 3.82. The summed E-state index contributed by atoms with van der Waals surface area (Å²) in [5.74, 6) is 0.0653. The Kier molecular flexibility index (Phi) is 14.9. The Balaban J connectivity index is 0.000000232. The Hall–Kier alpha value is -5.29. The van der Waals surface area contributed by atoms with Crippen molar-refractivity contribution in [1.82, 2.24) is 20.8 Å². The van der Waals surface area contributed by atoms with Crippen molar-refractivity contribution in [1.29, 1.82) is 0 Å². The molecule has 1 radical (unpaired) electrons. The van der Waals surface area contributed by atoms with Gasteiger partial charge in [0.25, 0.3) is 0 Å². The van der Waals surface area contributed by atoms with Crippen LogP contribution in [-0.4, -0.2) is 43.7 Å². The summed E-state index contributed by atoms with van der Waals surface area (Å²) in [5.41, 5.74) is 10.0. The van der Waals surface area contributed by atoms with Crippen LogP contribution in [0.4, 0.5) is 19.9 Å². The number of halogens is 2. The molecular formula is C36H30Cl2CoN8O4S2. The van der Waals surface area contributed by atoms with E-state index in [0.29, 0.717) is 42.9 Å². The van der Waals surface area contributed by atoms with Crippen molar-refractivity contribution in [3.63, 3.8) is 0 Å². The number of urea groups is 2. The van der Waals surface area contributed by atoms with E-state index in [4.69, 9.17) is 23.2 Å². The topological polar surface area (TPSA) is 173 Å². The first-order valence-corrected chi connectivity index (χ1v) is 17.8. The molecule has 12 nitrogen and oxygen atoms in total. The van der Waals surface area contributed by atoms with Crippen LogP contribution in [0.3, 0.4) is 0 Å². The van der Waals surface area contributed by atoms with E-state index in [9.17, 15) is 19.8 Å². The van der Waals surface area contributed by atoms with Gasteiger partial charge in [-0.25, -0.2) is 30.4 Å². The van der Waals surface area contributed by atoms with Gasteiger partial charge in [-0.05, 0) is 50.2 Å². The number of hydrazone groups is 2. The predicted octanol–water partition coefficient (Wildman–Crippen LogP) is 9.43. The molecule has 6 aromatic rings. The molecule has 0 bridgehead atoms. The van der Waals surface area contributed by atoms with Gasteiger partial charge in [0.2, 0.25) is 0 Å². The number of hydrogen-bond donors (Lipinski definition) is 6. The molecule has 2 heterocycles. The number of thiazole rings is 2. The Labute approximate surface area is 332 Å². The number of hydrogen-bond acceptors (Lipinski definition) is 10. The van der Waals surface area contributed by atoms with Crippen LogP contribution in [0, 0.1) is 0 Å². The predicted molar refractivity (Wildman–Crippen MR) is 210 cm³/mol. The van der Waals surface area contributed by atoms with Crippen LogP contribution < -0.4 is 21.5 Å². The number of phenols is 2. The van der Waals surface area contributed by atoms with Gasteiger partial charge in [0.15, 0.2) is 10.3 Å². The molecule has 0 aliphatic heterocycles. The largest absolute Gasteiger partial charge is 0.507 e. The first kappa shape index (κ1) is 40.5. The van der Waals surface area contributed by atoms with Gasteiger partial charge in [-0.2, -0.15) is 10.2 Å². The van der Waals surface area contributed by atoms with Gasteiger partial charge in [0.1, 0.15) is 11.5 Å². The summed E-state index contributed by atoms with van der Waals surface area (Å²) in [7, 11) is 0. The minimum atomic E-state index is -0.528. The van der Waals surface area contributed by atoms with Crippen LogP contribution in [-0.2, 0) is 16.8 Å². The van der Waals surface area contributed by atoms with Crippen molar-refractivity contribution < 1.29 is 36.6 Å². The fourth-order valence-corrected chi connectivity index (χ4v) is 6.15. The SMILES string of the molecule is C/C(=N/NC(=O)Nc1nc(-c2ccccc2)cs1)c1cc(Cl)ccc1O.C/C(=N/NC(=O)Nc1nc(-c2ccccc2)cs1)c1cc(Cl)ccc1O.[Co]. The molecule has 273 valence electrons. The van der Waals surface area contributed by atoms with E-state index < -0.39 is 12.1 Å². The maximum absolute atomic E-state index is 12.0. The van der Waals surface area contributed by atoms with Crippen molar-refractivity contribution in [2.45, 2.75) is 13.8 Å². The molecule has 0 saturated heterocycles.